The zero-order valence-electron chi connectivity index (χ0n) is 15.2. The molecule has 2 amide bonds. The molecule has 0 bridgehead atoms. The summed E-state index contributed by atoms with van der Waals surface area (Å²) in [5.41, 5.74) is 2.38. The average Bonchev–Trinajstić information content (AvgIpc) is 3.27. The van der Waals surface area contributed by atoms with Gasteiger partial charge in [0.15, 0.2) is 5.82 Å². The van der Waals surface area contributed by atoms with E-state index in [2.05, 4.69) is 31.0 Å². The first-order valence-corrected chi connectivity index (χ1v) is 8.34. The van der Waals surface area contributed by atoms with Crippen molar-refractivity contribution in [2.75, 3.05) is 5.32 Å². The second-order valence-corrected chi connectivity index (χ2v) is 7.07. The van der Waals surface area contributed by atoms with Crippen molar-refractivity contribution < 1.29 is 9.32 Å². The zero-order chi connectivity index (χ0) is 18.7. The topological polar surface area (TPSA) is 109 Å². The molecule has 3 rings (SSSR count). The molecule has 0 saturated carbocycles. The number of nitrogens with one attached hydrogen (secondary N) is 3. The molecule has 1 atom stereocenters. The summed E-state index contributed by atoms with van der Waals surface area (Å²) < 4.78 is 5.25. The van der Waals surface area contributed by atoms with E-state index >= 15 is 0 Å². The van der Waals surface area contributed by atoms with Crippen LogP contribution in [0.5, 0.6) is 0 Å². The lowest BCUT2D eigenvalue weighted by atomic mass is 9.96. The molecule has 8 nitrogen and oxygen atoms in total. The highest BCUT2D eigenvalue weighted by atomic mass is 16.5. The van der Waals surface area contributed by atoms with Gasteiger partial charge in [-0.2, -0.15) is 10.1 Å². The first kappa shape index (κ1) is 17.7. The number of hydrogen-bond acceptors (Lipinski definition) is 5. The van der Waals surface area contributed by atoms with Crippen LogP contribution in [0.25, 0.3) is 11.3 Å². The number of rotatable bonds is 4. The van der Waals surface area contributed by atoms with Crippen LogP contribution in [0.2, 0.25) is 0 Å². The highest BCUT2D eigenvalue weighted by Crippen LogP contribution is 2.21. The van der Waals surface area contributed by atoms with Crippen LogP contribution >= 0.6 is 0 Å². The highest BCUT2D eigenvalue weighted by molar-refractivity contribution is 5.89. The van der Waals surface area contributed by atoms with Crippen molar-refractivity contribution in [1.82, 2.24) is 25.7 Å². The first-order valence-electron chi connectivity index (χ1n) is 8.34. The quantitative estimate of drug-likeness (QED) is 0.663. The van der Waals surface area contributed by atoms with Crippen LogP contribution in [0.1, 0.15) is 45.5 Å². The van der Waals surface area contributed by atoms with Crippen LogP contribution < -0.4 is 10.6 Å². The summed E-state index contributed by atoms with van der Waals surface area (Å²) in [7, 11) is 0. The third-order valence-electron chi connectivity index (χ3n) is 3.79. The summed E-state index contributed by atoms with van der Waals surface area (Å²) in [5, 5.41) is 16.4. The Bertz CT molecular complexity index is 862. The van der Waals surface area contributed by atoms with Gasteiger partial charge in [-0.15, -0.1) is 0 Å². The van der Waals surface area contributed by atoms with Gasteiger partial charge >= 0.3 is 6.03 Å². The van der Waals surface area contributed by atoms with Gasteiger partial charge in [0.2, 0.25) is 5.89 Å². The monoisotopic (exact) mass is 354 g/mol. The lowest BCUT2D eigenvalue weighted by Crippen LogP contribution is -2.31. The molecule has 136 valence electrons. The van der Waals surface area contributed by atoms with E-state index in [0.717, 1.165) is 11.3 Å². The van der Waals surface area contributed by atoms with E-state index in [9.17, 15) is 4.79 Å². The molecule has 0 spiro atoms. The van der Waals surface area contributed by atoms with E-state index in [0.29, 0.717) is 17.4 Å². The van der Waals surface area contributed by atoms with Crippen LogP contribution in [0.4, 0.5) is 10.5 Å². The molecular weight excluding hydrogens is 332 g/mol. The molecule has 0 unspecified atom stereocenters. The molecule has 2 aromatic heterocycles. The molecule has 0 fully saturated rings. The van der Waals surface area contributed by atoms with Crippen molar-refractivity contribution in [2.24, 2.45) is 0 Å². The maximum absolute atomic E-state index is 12.2. The van der Waals surface area contributed by atoms with Crippen molar-refractivity contribution in [3.05, 3.63) is 48.2 Å². The number of amides is 2. The minimum atomic E-state index is -0.400. The number of anilines is 1. The Balaban J connectivity index is 1.59. The maximum Gasteiger partial charge on any atom is 0.319 e. The predicted octanol–water partition coefficient (Wildman–Crippen LogP) is 3.64. The van der Waals surface area contributed by atoms with Gasteiger partial charge in [0.05, 0.1) is 5.69 Å². The predicted molar refractivity (Wildman–Crippen MR) is 97.6 cm³/mol. The van der Waals surface area contributed by atoms with Gasteiger partial charge in [-0.3, -0.25) is 5.10 Å². The van der Waals surface area contributed by atoms with Crippen LogP contribution in [0.3, 0.4) is 0 Å². The Labute approximate surface area is 151 Å². The van der Waals surface area contributed by atoms with E-state index < -0.39 is 6.04 Å². The third-order valence-corrected chi connectivity index (χ3v) is 3.79. The molecule has 0 saturated heterocycles. The fourth-order valence-corrected chi connectivity index (χ4v) is 2.29. The summed E-state index contributed by atoms with van der Waals surface area (Å²) in [6, 6.07) is 8.59. The number of carbonyl (C=O) groups excluding carboxylic acids is 1. The SMILES string of the molecule is C[C@@H](NC(=O)Nc1ccc(-c2ccn[nH]2)cc1)c1nc(C(C)(C)C)no1. The van der Waals surface area contributed by atoms with Gasteiger partial charge in [-0.25, -0.2) is 4.79 Å². The van der Waals surface area contributed by atoms with Crippen LogP contribution in [0.15, 0.2) is 41.1 Å². The second-order valence-electron chi connectivity index (χ2n) is 7.07. The van der Waals surface area contributed by atoms with Crippen molar-refractivity contribution >= 4 is 11.7 Å². The van der Waals surface area contributed by atoms with E-state index in [1.165, 1.54) is 0 Å². The van der Waals surface area contributed by atoms with Gasteiger partial charge in [0.1, 0.15) is 6.04 Å². The number of carbonyl (C=O) groups is 1. The number of nitrogens with zero attached hydrogens (tertiary/aromatic N) is 3. The Morgan fingerprint density at radius 2 is 1.92 bits per heavy atom. The van der Waals surface area contributed by atoms with Crippen LogP contribution in [-0.4, -0.2) is 26.4 Å². The smallest absolute Gasteiger partial charge is 0.319 e. The Morgan fingerprint density at radius 1 is 1.19 bits per heavy atom. The van der Waals surface area contributed by atoms with Crippen LogP contribution in [0, 0.1) is 0 Å². The number of benzene rings is 1. The Morgan fingerprint density at radius 3 is 2.50 bits per heavy atom. The lowest BCUT2D eigenvalue weighted by molar-refractivity contribution is 0.245. The van der Waals surface area contributed by atoms with Crippen LogP contribution in [-0.2, 0) is 5.41 Å². The second kappa shape index (κ2) is 6.99. The maximum atomic E-state index is 12.2. The minimum Gasteiger partial charge on any atom is -0.337 e. The summed E-state index contributed by atoms with van der Waals surface area (Å²) in [4.78, 5) is 16.5. The lowest BCUT2D eigenvalue weighted by Gasteiger charge is -2.12. The van der Waals surface area contributed by atoms with Crippen molar-refractivity contribution in [1.29, 1.82) is 0 Å². The Kier molecular flexibility index (Phi) is 4.75. The molecule has 0 radical (unpaired) electrons. The number of H-pyrrole nitrogens is 1. The van der Waals surface area contributed by atoms with Gasteiger partial charge < -0.3 is 15.2 Å². The number of urea groups is 1. The number of hydrogen-bond donors (Lipinski definition) is 3. The minimum absolute atomic E-state index is 0.208. The van der Waals surface area contributed by atoms with E-state index in [1.54, 1.807) is 13.1 Å². The standard InChI is InChI=1S/C18H22N6O2/c1-11(15-22-16(24-26-15)18(2,3)4)20-17(25)21-13-7-5-12(6-8-13)14-9-10-19-23-14/h5-11H,1-4H3,(H,19,23)(H2,20,21,25)/t11-/m1/s1. The molecule has 2 heterocycles. The van der Waals surface area contributed by atoms with Crippen molar-refractivity contribution in [3.8, 4) is 11.3 Å². The van der Waals surface area contributed by atoms with Crippen molar-refractivity contribution in [2.45, 2.75) is 39.2 Å². The average molecular weight is 354 g/mol. The van der Waals surface area contributed by atoms with Gasteiger partial charge in [0.25, 0.3) is 0 Å². The molecule has 26 heavy (non-hydrogen) atoms. The Hall–Kier alpha value is -3.16. The molecular formula is C18H22N6O2. The molecule has 0 aliphatic carbocycles. The molecule has 0 aliphatic rings. The molecule has 1 aromatic carbocycles. The molecule has 8 heteroatoms. The fourth-order valence-electron chi connectivity index (χ4n) is 2.29. The highest BCUT2D eigenvalue weighted by Gasteiger charge is 2.23. The number of aromatic amines is 1. The van der Waals surface area contributed by atoms with E-state index in [1.807, 2.05) is 51.1 Å². The largest absolute Gasteiger partial charge is 0.337 e. The van der Waals surface area contributed by atoms with Gasteiger partial charge in [0, 0.05) is 17.3 Å². The first-order chi connectivity index (χ1) is 12.3. The molecule has 0 aliphatic heterocycles. The summed E-state index contributed by atoms with van der Waals surface area (Å²) in [6.07, 6.45) is 1.69. The fraction of sp³-hybridized carbons (Fsp3) is 0.333. The third kappa shape index (κ3) is 4.08. The summed E-state index contributed by atoms with van der Waals surface area (Å²) in [5.74, 6) is 0.982. The van der Waals surface area contributed by atoms with Gasteiger partial charge in [-0.1, -0.05) is 38.1 Å². The molecule has 3 aromatic rings. The van der Waals surface area contributed by atoms with Crippen molar-refractivity contribution in [3.63, 3.8) is 0 Å². The van der Waals surface area contributed by atoms with E-state index in [-0.39, 0.29) is 11.4 Å². The van der Waals surface area contributed by atoms with E-state index in [4.69, 9.17) is 4.52 Å². The van der Waals surface area contributed by atoms with Gasteiger partial charge in [-0.05, 0) is 30.7 Å². The summed E-state index contributed by atoms with van der Waals surface area (Å²) >= 11 is 0. The molecule has 3 N–H and O–H groups in total. The summed E-state index contributed by atoms with van der Waals surface area (Å²) in [6.45, 7) is 7.79. The normalized spacial score (nSPS) is 12.6. The number of aromatic nitrogens is 4. The zero-order valence-corrected chi connectivity index (χ0v) is 15.2.